The summed E-state index contributed by atoms with van der Waals surface area (Å²) in [7, 11) is -4.06. The average molecular weight is 493 g/mol. The van der Waals surface area contributed by atoms with Gasteiger partial charge in [0.2, 0.25) is 26.6 Å². The molecule has 0 spiro atoms. The number of oxazole rings is 1. The summed E-state index contributed by atoms with van der Waals surface area (Å²) in [6.45, 7) is 3.41. The van der Waals surface area contributed by atoms with Crippen LogP contribution in [-0.4, -0.2) is 33.2 Å². The Bertz CT molecular complexity index is 1420. The summed E-state index contributed by atoms with van der Waals surface area (Å²) in [6.07, 6.45) is 0.900. The number of nitrogens with zero attached hydrogens (tertiary/aromatic N) is 1. The van der Waals surface area contributed by atoms with Crippen molar-refractivity contribution in [1.29, 1.82) is 0 Å². The van der Waals surface area contributed by atoms with Gasteiger partial charge in [0.05, 0.1) is 11.5 Å². The number of benzene rings is 3. The quantitative estimate of drug-likeness (QED) is 0.345. The van der Waals surface area contributed by atoms with Gasteiger partial charge in [-0.15, -0.1) is 0 Å². The minimum atomic E-state index is -4.06. The molecule has 0 fully saturated rings. The van der Waals surface area contributed by atoms with E-state index in [2.05, 4.69) is 10.3 Å². The molecule has 5 rings (SSSR count). The lowest BCUT2D eigenvalue weighted by Gasteiger charge is -2.18. The van der Waals surface area contributed by atoms with Crippen LogP contribution >= 0.6 is 0 Å². The third kappa shape index (κ3) is 4.81. The van der Waals surface area contributed by atoms with Crippen LogP contribution in [0.15, 0.2) is 87.1 Å². The normalized spacial score (nSPS) is 12.8. The van der Waals surface area contributed by atoms with Crippen molar-refractivity contribution in [3.63, 3.8) is 0 Å². The molecule has 1 N–H and O–H groups in total. The second-order valence-corrected chi connectivity index (χ2v) is 9.69. The Morgan fingerprint density at radius 1 is 0.943 bits per heavy atom. The number of rotatable bonds is 8. The van der Waals surface area contributed by atoms with Crippen LogP contribution in [0.3, 0.4) is 0 Å². The molecule has 0 saturated carbocycles. The molecule has 1 aliphatic rings. The van der Waals surface area contributed by atoms with Crippen LogP contribution in [0.2, 0.25) is 0 Å². The molecule has 0 saturated heterocycles. The zero-order chi connectivity index (χ0) is 24.3. The molecule has 35 heavy (non-hydrogen) atoms. The number of sulfone groups is 1. The fourth-order valence-corrected chi connectivity index (χ4v) is 4.83. The van der Waals surface area contributed by atoms with E-state index in [0.717, 1.165) is 6.42 Å². The Labute approximate surface area is 203 Å². The maximum absolute atomic E-state index is 13.7. The third-order valence-electron chi connectivity index (χ3n) is 5.28. The molecule has 0 radical (unpaired) electrons. The molecule has 1 aromatic heterocycles. The van der Waals surface area contributed by atoms with Gasteiger partial charge in [-0.25, -0.2) is 8.42 Å². The van der Waals surface area contributed by atoms with Crippen molar-refractivity contribution in [2.24, 2.45) is 0 Å². The molecule has 0 amide bonds. The Balaban J connectivity index is 1.55. The maximum Gasteiger partial charge on any atom is 0.238 e. The van der Waals surface area contributed by atoms with E-state index in [1.165, 1.54) is 12.1 Å². The smallest absolute Gasteiger partial charge is 0.238 e. The molecule has 3 aromatic carbocycles. The fraction of sp³-hybridized carbons (Fsp3) is 0.192. The lowest BCUT2D eigenvalue weighted by atomic mass is 10.2. The van der Waals surface area contributed by atoms with Crippen LogP contribution in [0.25, 0.3) is 11.5 Å². The van der Waals surface area contributed by atoms with Crippen molar-refractivity contribution >= 4 is 21.4 Å². The van der Waals surface area contributed by atoms with Gasteiger partial charge in [-0.2, -0.15) is 4.98 Å². The highest BCUT2D eigenvalue weighted by Gasteiger charge is 2.30. The van der Waals surface area contributed by atoms with Gasteiger partial charge in [-0.3, -0.25) is 0 Å². The largest absolute Gasteiger partial charge is 0.494 e. The number of ether oxygens (including phenoxy) is 3. The monoisotopic (exact) mass is 492 g/mol. The molecule has 0 bridgehead atoms. The Morgan fingerprint density at radius 2 is 1.69 bits per heavy atom. The van der Waals surface area contributed by atoms with Crippen LogP contribution < -0.4 is 19.5 Å². The standard InChI is InChI=1S/C26H24N2O6S/c1-2-14-31-20-10-8-18(9-11-20)24-28-26(25(34-24)27-19-6-4-3-5-7-19)35(29,30)21-12-13-22-23(17-21)33-16-15-32-22/h3-13,17,27H,2,14-16H2,1H3. The van der Waals surface area contributed by atoms with Gasteiger partial charge in [0, 0.05) is 17.3 Å². The van der Waals surface area contributed by atoms with Gasteiger partial charge in [-0.05, 0) is 55.0 Å². The predicted octanol–water partition coefficient (Wildman–Crippen LogP) is 5.48. The van der Waals surface area contributed by atoms with E-state index in [1.54, 1.807) is 30.3 Å². The summed E-state index contributed by atoms with van der Waals surface area (Å²) < 4.78 is 50.0. The molecule has 2 heterocycles. The van der Waals surface area contributed by atoms with Crippen molar-refractivity contribution in [1.82, 2.24) is 4.98 Å². The van der Waals surface area contributed by atoms with Gasteiger partial charge in [-0.1, -0.05) is 25.1 Å². The lowest BCUT2D eigenvalue weighted by Crippen LogP contribution is -2.16. The van der Waals surface area contributed by atoms with Crippen LogP contribution in [0.4, 0.5) is 11.6 Å². The zero-order valence-corrected chi connectivity index (χ0v) is 19.9. The van der Waals surface area contributed by atoms with E-state index in [-0.39, 0.29) is 21.7 Å². The highest BCUT2D eigenvalue weighted by atomic mass is 32.2. The number of fused-ring (bicyclic) bond motifs is 1. The summed E-state index contributed by atoms with van der Waals surface area (Å²) >= 11 is 0. The van der Waals surface area contributed by atoms with Gasteiger partial charge < -0.3 is 23.9 Å². The van der Waals surface area contributed by atoms with E-state index < -0.39 is 9.84 Å². The minimum absolute atomic E-state index is 0.0207. The number of aromatic nitrogens is 1. The second kappa shape index (κ2) is 9.71. The number of anilines is 2. The predicted molar refractivity (Wildman–Crippen MR) is 130 cm³/mol. The minimum Gasteiger partial charge on any atom is -0.494 e. The van der Waals surface area contributed by atoms with E-state index in [1.807, 2.05) is 37.3 Å². The van der Waals surface area contributed by atoms with E-state index in [4.69, 9.17) is 18.6 Å². The van der Waals surface area contributed by atoms with E-state index in [9.17, 15) is 8.42 Å². The van der Waals surface area contributed by atoms with Gasteiger partial charge in [0.25, 0.3) is 0 Å². The van der Waals surface area contributed by atoms with Crippen molar-refractivity contribution in [2.75, 3.05) is 25.1 Å². The molecule has 9 heteroatoms. The number of hydrogen-bond acceptors (Lipinski definition) is 8. The Morgan fingerprint density at radius 3 is 2.43 bits per heavy atom. The molecule has 180 valence electrons. The summed E-state index contributed by atoms with van der Waals surface area (Å²) in [4.78, 5) is 4.43. The second-order valence-electron chi connectivity index (χ2n) is 7.83. The first-order chi connectivity index (χ1) is 17.0. The molecule has 0 atom stereocenters. The Kier molecular flexibility index (Phi) is 6.33. The maximum atomic E-state index is 13.7. The summed E-state index contributed by atoms with van der Waals surface area (Å²) in [6, 6.07) is 20.8. The first-order valence-electron chi connectivity index (χ1n) is 11.3. The van der Waals surface area contributed by atoms with Crippen LogP contribution in [0.1, 0.15) is 13.3 Å². The summed E-state index contributed by atoms with van der Waals surface area (Å²) in [5, 5.41) is 2.83. The molecule has 0 aliphatic carbocycles. The van der Waals surface area contributed by atoms with E-state index >= 15 is 0 Å². The molecule has 8 nitrogen and oxygen atoms in total. The lowest BCUT2D eigenvalue weighted by molar-refractivity contribution is 0.171. The van der Waals surface area contributed by atoms with Crippen LogP contribution in [0.5, 0.6) is 17.2 Å². The summed E-state index contributed by atoms with van der Waals surface area (Å²) in [5.74, 6) is 1.79. The van der Waals surface area contributed by atoms with Gasteiger partial charge in [0.15, 0.2) is 11.5 Å². The topological polar surface area (TPSA) is 99.9 Å². The average Bonchev–Trinajstić information content (AvgIpc) is 3.32. The van der Waals surface area contributed by atoms with Crippen molar-refractivity contribution in [3.8, 4) is 28.7 Å². The van der Waals surface area contributed by atoms with Crippen molar-refractivity contribution < 1.29 is 27.0 Å². The summed E-state index contributed by atoms with van der Waals surface area (Å²) in [5.41, 5.74) is 1.28. The van der Waals surface area contributed by atoms with Crippen molar-refractivity contribution in [2.45, 2.75) is 23.3 Å². The Hall–Kier alpha value is -3.98. The first-order valence-corrected chi connectivity index (χ1v) is 12.7. The fourth-order valence-electron chi connectivity index (χ4n) is 3.56. The van der Waals surface area contributed by atoms with Crippen molar-refractivity contribution in [3.05, 3.63) is 72.8 Å². The zero-order valence-electron chi connectivity index (χ0n) is 19.1. The first kappa shape index (κ1) is 22.8. The number of nitrogens with one attached hydrogen (secondary N) is 1. The van der Waals surface area contributed by atoms with Crippen LogP contribution in [0, 0.1) is 0 Å². The SMILES string of the molecule is CCCOc1ccc(-c2nc(S(=O)(=O)c3ccc4c(c3)OCCO4)c(Nc3ccccc3)o2)cc1. The highest BCUT2D eigenvalue weighted by molar-refractivity contribution is 7.91. The number of hydrogen-bond donors (Lipinski definition) is 1. The molecule has 0 unspecified atom stereocenters. The van der Waals surface area contributed by atoms with Crippen LogP contribution in [-0.2, 0) is 9.84 Å². The third-order valence-corrected chi connectivity index (χ3v) is 6.94. The van der Waals surface area contributed by atoms with Gasteiger partial charge in [0.1, 0.15) is 19.0 Å². The molecular formula is C26H24N2O6S. The molecular weight excluding hydrogens is 468 g/mol. The molecule has 1 aliphatic heterocycles. The van der Waals surface area contributed by atoms with Gasteiger partial charge >= 0.3 is 0 Å². The van der Waals surface area contributed by atoms with E-state index in [0.29, 0.717) is 48.3 Å². The highest BCUT2D eigenvalue weighted by Crippen LogP contribution is 2.38. The molecule has 4 aromatic rings. The number of para-hydroxylation sites is 1.